The topological polar surface area (TPSA) is 46.9 Å². The highest BCUT2D eigenvalue weighted by Crippen LogP contribution is 2.30. The monoisotopic (exact) mass is 367 g/mol. The minimum absolute atomic E-state index is 0.149. The Balaban J connectivity index is 1.79. The van der Waals surface area contributed by atoms with Crippen molar-refractivity contribution in [3.63, 3.8) is 0 Å². The standard InChI is InChI=1S/C15H15BrClN3O/c16-12-3-1-2-11(6-12)7-18-14-13(17)8-19-20(15(14)21)9-10-4-5-10/h1-3,6,8,10,18H,4-5,7,9H2. The predicted molar refractivity (Wildman–Crippen MR) is 87.7 cm³/mol. The van der Waals surface area contributed by atoms with Crippen molar-refractivity contribution in [1.29, 1.82) is 0 Å². The highest BCUT2D eigenvalue weighted by molar-refractivity contribution is 9.10. The molecule has 110 valence electrons. The molecule has 0 amide bonds. The van der Waals surface area contributed by atoms with Gasteiger partial charge in [-0.15, -0.1) is 0 Å². The molecule has 1 aliphatic rings. The van der Waals surface area contributed by atoms with Crippen LogP contribution in [0.2, 0.25) is 5.02 Å². The SMILES string of the molecule is O=c1c(NCc2cccc(Br)c2)c(Cl)cnn1CC1CC1. The van der Waals surface area contributed by atoms with E-state index >= 15 is 0 Å². The van der Waals surface area contributed by atoms with Gasteiger partial charge in [-0.2, -0.15) is 5.10 Å². The van der Waals surface area contributed by atoms with Crippen LogP contribution in [0.5, 0.6) is 0 Å². The fourth-order valence-electron chi connectivity index (χ4n) is 2.14. The minimum Gasteiger partial charge on any atom is -0.375 e. The first-order valence-corrected chi connectivity index (χ1v) is 8.04. The zero-order chi connectivity index (χ0) is 14.8. The van der Waals surface area contributed by atoms with Crippen LogP contribution in [-0.2, 0) is 13.1 Å². The Morgan fingerprint density at radius 2 is 2.24 bits per heavy atom. The van der Waals surface area contributed by atoms with Gasteiger partial charge in [0.15, 0.2) is 0 Å². The number of hydrogen-bond donors (Lipinski definition) is 1. The Bertz CT molecular complexity index is 712. The Morgan fingerprint density at radius 1 is 1.43 bits per heavy atom. The minimum atomic E-state index is -0.149. The van der Waals surface area contributed by atoms with Gasteiger partial charge in [0.2, 0.25) is 0 Å². The van der Waals surface area contributed by atoms with E-state index in [2.05, 4.69) is 26.3 Å². The van der Waals surface area contributed by atoms with E-state index in [1.165, 1.54) is 23.7 Å². The second kappa shape index (κ2) is 6.20. The molecule has 0 aliphatic heterocycles. The average molecular weight is 369 g/mol. The second-order valence-corrected chi connectivity index (χ2v) is 6.60. The number of aromatic nitrogens is 2. The largest absolute Gasteiger partial charge is 0.375 e. The molecule has 1 aliphatic carbocycles. The maximum absolute atomic E-state index is 12.4. The smallest absolute Gasteiger partial charge is 0.291 e. The van der Waals surface area contributed by atoms with Crippen molar-refractivity contribution in [3.8, 4) is 0 Å². The van der Waals surface area contributed by atoms with Gasteiger partial charge in [-0.3, -0.25) is 4.79 Å². The van der Waals surface area contributed by atoms with E-state index < -0.39 is 0 Å². The van der Waals surface area contributed by atoms with Crippen LogP contribution in [0.3, 0.4) is 0 Å². The predicted octanol–water partition coefficient (Wildman–Crippen LogP) is 3.68. The lowest BCUT2D eigenvalue weighted by atomic mass is 10.2. The third kappa shape index (κ3) is 3.66. The van der Waals surface area contributed by atoms with Crippen molar-refractivity contribution in [2.45, 2.75) is 25.9 Å². The Hall–Kier alpha value is -1.33. The Labute approximate surface area is 136 Å². The molecule has 4 nitrogen and oxygen atoms in total. The van der Waals surface area contributed by atoms with Crippen LogP contribution in [0.1, 0.15) is 18.4 Å². The maximum atomic E-state index is 12.4. The third-order valence-electron chi connectivity index (χ3n) is 3.48. The molecule has 1 saturated carbocycles. The molecule has 0 spiro atoms. The Morgan fingerprint density at radius 3 is 2.95 bits per heavy atom. The number of hydrogen-bond acceptors (Lipinski definition) is 3. The van der Waals surface area contributed by atoms with Gasteiger partial charge in [0.25, 0.3) is 5.56 Å². The normalized spacial score (nSPS) is 14.2. The van der Waals surface area contributed by atoms with Crippen LogP contribution in [0.15, 0.2) is 39.7 Å². The molecular weight excluding hydrogens is 354 g/mol. The first-order chi connectivity index (χ1) is 10.1. The number of benzene rings is 1. The van der Waals surface area contributed by atoms with E-state index in [4.69, 9.17) is 11.6 Å². The molecule has 1 aromatic carbocycles. The molecule has 0 bridgehead atoms. The zero-order valence-corrected chi connectivity index (χ0v) is 13.7. The molecule has 1 N–H and O–H groups in total. The van der Waals surface area contributed by atoms with Crippen LogP contribution >= 0.6 is 27.5 Å². The molecule has 0 radical (unpaired) electrons. The highest BCUT2D eigenvalue weighted by atomic mass is 79.9. The average Bonchev–Trinajstić information content (AvgIpc) is 3.26. The van der Waals surface area contributed by atoms with E-state index in [1.54, 1.807) is 0 Å². The number of anilines is 1. The summed E-state index contributed by atoms with van der Waals surface area (Å²) in [6.45, 7) is 1.23. The van der Waals surface area contributed by atoms with Crippen molar-refractivity contribution in [3.05, 3.63) is 55.9 Å². The van der Waals surface area contributed by atoms with Crippen molar-refractivity contribution >= 4 is 33.2 Å². The molecule has 1 fully saturated rings. The summed E-state index contributed by atoms with van der Waals surface area (Å²) in [6.07, 6.45) is 3.89. The second-order valence-electron chi connectivity index (χ2n) is 5.28. The van der Waals surface area contributed by atoms with Gasteiger partial charge in [-0.05, 0) is 36.5 Å². The first-order valence-electron chi connectivity index (χ1n) is 6.87. The lowest BCUT2D eigenvalue weighted by Crippen LogP contribution is -2.26. The quantitative estimate of drug-likeness (QED) is 0.875. The fraction of sp³-hybridized carbons (Fsp3) is 0.333. The lowest BCUT2D eigenvalue weighted by Gasteiger charge is -2.10. The van der Waals surface area contributed by atoms with E-state index in [0.29, 0.717) is 29.7 Å². The van der Waals surface area contributed by atoms with Gasteiger partial charge in [-0.25, -0.2) is 4.68 Å². The number of nitrogens with one attached hydrogen (secondary N) is 1. The summed E-state index contributed by atoms with van der Waals surface area (Å²) < 4.78 is 2.51. The summed E-state index contributed by atoms with van der Waals surface area (Å²) in [5, 5.41) is 7.61. The van der Waals surface area contributed by atoms with Crippen LogP contribution in [0.25, 0.3) is 0 Å². The summed E-state index contributed by atoms with van der Waals surface area (Å²) in [6, 6.07) is 7.92. The van der Waals surface area contributed by atoms with Crippen molar-refractivity contribution in [2.75, 3.05) is 5.32 Å². The zero-order valence-electron chi connectivity index (χ0n) is 11.4. The van der Waals surface area contributed by atoms with Gasteiger partial charge in [-0.1, -0.05) is 39.7 Å². The van der Waals surface area contributed by atoms with Gasteiger partial charge >= 0.3 is 0 Å². The molecule has 3 rings (SSSR count). The van der Waals surface area contributed by atoms with Crippen molar-refractivity contribution < 1.29 is 0 Å². The molecule has 0 saturated heterocycles. The molecule has 1 aromatic heterocycles. The fourth-order valence-corrected chi connectivity index (χ4v) is 2.78. The van der Waals surface area contributed by atoms with Crippen LogP contribution in [0, 0.1) is 5.92 Å². The summed E-state index contributed by atoms with van der Waals surface area (Å²) in [4.78, 5) is 12.4. The van der Waals surface area contributed by atoms with E-state index in [0.717, 1.165) is 10.0 Å². The summed E-state index contributed by atoms with van der Waals surface area (Å²) in [7, 11) is 0. The molecule has 21 heavy (non-hydrogen) atoms. The third-order valence-corrected chi connectivity index (χ3v) is 4.26. The number of halogens is 2. The molecule has 2 aromatic rings. The van der Waals surface area contributed by atoms with E-state index in [-0.39, 0.29) is 5.56 Å². The molecule has 0 unspecified atom stereocenters. The molecule has 6 heteroatoms. The lowest BCUT2D eigenvalue weighted by molar-refractivity contribution is 0.534. The molecular formula is C15H15BrClN3O. The van der Waals surface area contributed by atoms with E-state index in [9.17, 15) is 4.79 Å². The van der Waals surface area contributed by atoms with Gasteiger partial charge in [0, 0.05) is 17.6 Å². The number of rotatable bonds is 5. The van der Waals surface area contributed by atoms with Gasteiger partial charge in [0.1, 0.15) is 5.69 Å². The van der Waals surface area contributed by atoms with Crippen molar-refractivity contribution in [2.24, 2.45) is 5.92 Å². The van der Waals surface area contributed by atoms with Crippen LogP contribution in [-0.4, -0.2) is 9.78 Å². The summed E-state index contributed by atoms with van der Waals surface area (Å²) in [5.41, 5.74) is 1.35. The highest BCUT2D eigenvalue weighted by Gasteiger charge is 2.23. The van der Waals surface area contributed by atoms with Crippen LogP contribution in [0.4, 0.5) is 5.69 Å². The molecule has 0 atom stereocenters. The summed E-state index contributed by atoms with van der Waals surface area (Å²) in [5.74, 6) is 0.592. The molecule has 1 heterocycles. The van der Waals surface area contributed by atoms with Gasteiger partial charge < -0.3 is 5.32 Å². The summed E-state index contributed by atoms with van der Waals surface area (Å²) >= 11 is 9.54. The number of nitrogens with zero attached hydrogens (tertiary/aromatic N) is 2. The van der Waals surface area contributed by atoms with Gasteiger partial charge in [0.05, 0.1) is 11.2 Å². The van der Waals surface area contributed by atoms with Crippen LogP contribution < -0.4 is 10.9 Å². The Kier molecular flexibility index (Phi) is 4.31. The maximum Gasteiger partial charge on any atom is 0.291 e. The van der Waals surface area contributed by atoms with Crippen molar-refractivity contribution in [1.82, 2.24) is 9.78 Å². The van der Waals surface area contributed by atoms with E-state index in [1.807, 2.05) is 24.3 Å². The first kappa shape index (κ1) is 14.6.